The molecule has 0 unspecified atom stereocenters. The minimum absolute atomic E-state index is 0.0243. The first-order valence-corrected chi connectivity index (χ1v) is 10.6. The van der Waals surface area contributed by atoms with Gasteiger partial charge in [0.2, 0.25) is 11.8 Å². The first kappa shape index (κ1) is 21.8. The molecule has 0 atom stereocenters. The molecule has 10 heteroatoms. The number of hydrogen-bond acceptors (Lipinski definition) is 5. The molecule has 0 spiro atoms. The number of halogens is 1. The number of nitrogens with one attached hydrogen (secondary N) is 1. The third-order valence-electron chi connectivity index (χ3n) is 5.51. The molecule has 9 nitrogen and oxygen atoms in total. The van der Waals surface area contributed by atoms with Crippen molar-refractivity contribution in [3.05, 3.63) is 69.9 Å². The summed E-state index contributed by atoms with van der Waals surface area (Å²) in [6.45, 7) is 2.65. The quantitative estimate of drug-likeness (QED) is 0.455. The van der Waals surface area contributed by atoms with Crippen LogP contribution in [-0.4, -0.2) is 63.8 Å². The average Bonchev–Trinajstić information content (AvgIpc) is 3.17. The van der Waals surface area contributed by atoms with Gasteiger partial charge in [-0.3, -0.25) is 24.6 Å². The number of fused-ring (bicyclic) bond motifs is 1. The van der Waals surface area contributed by atoms with Gasteiger partial charge in [-0.25, -0.2) is 0 Å². The average molecular weight is 456 g/mol. The lowest BCUT2D eigenvalue weighted by atomic mass is 10.2. The maximum absolute atomic E-state index is 12.8. The van der Waals surface area contributed by atoms with Gasteiger partial charge >= 0.3 is 0 Å². The van der Waals surface area contributed by atoms with Crippen LogP contribution in [0.4, 0.5) is 11.4 Å². The van der Waals surface area contributed by atoms with Gasteiger partial charge in [-0.05, 0) is 24.3 Å². The van der Waals surface area contributed by atoms with Crippen molar-refractivity contribution in [1.29, 1.82) is 0 Å². The number of non-ortho nitro benzene ring substituents is 1. The van der Waals surface area contributed by atoms with Crippen LogP contribution in [0.2, 0.25) is 5.02 Å². The van der Waals surface area contributed by atoms with E-state index in [4.69, 9.17) is 11.6 Å². The molecule has 32 heavy (non-hydrogen) atoms. The SMILES string of the molecule is O=C(CN1CCN(C(=O)Cn2ccc3cc([N+](=O)[O-])ccc32)CC1)Nc1ccccc1Cl. The Morgan fingerprint density at radius 2 is 1.78 bits per heavy atom. The number of hydrogen-bond donors (Lipinski definition) is 1. The van der Waals surface area contributed by atoms with E-state index in [0.29, 0.717) is 36.9 Å². The van der Waals surface area contributed by atoms with Crippen LogP contribution in [-0.2, 0) is 16.1 Å². The number of amides is 2. The van der Waals surface area contributed by atoms with Gasteiger partial charge in [-0.15, -0.1) is 0 Å². The standard InChI is InChI=1S/C22H22ClN5O4/c23-18-3-1-2-4-19(18)24-21(29)14-25-9-11-26(12-10-25)22(30)15-27-8-7-16-13-17(28(31)32)5-6-20(16)27/h1-8,13H,9-12,14-15H2,(H,24,29). The van der Waals surface area contributed by atoms with Crippen molar-refractivity contribution >= 4 is 45.7 Å². The summed E-state index contributed by atoms with van der Waals surface area (Å²) in [6, 6.07) is 13.5. The van der Waals surface area contributed by atoms with E-state index in [0.717, 1.165) is 10.9 Å². The normalized spacial score (nSPS) is 14.5. The second-order valence-electron chi connectivity index (χ2n) is 7.63. The summed E-state index contributed by atoms with van der Waals surface area (Å²) in [5.74, 6) is -0.174. The number of aromatic nitrogens is 1. The van der Waals surface area contributed by atoms with Crippen LogP contribution in [0.3, 0.4) is 0 Å². The van der Waals surface area contributed by atoms with Crippen molar-refractivity contribution < 1.29 is 14.5 Å². The predicted molar refractivity (Wildman–Crippen MR) is 122 cm³/mol. The van der Waals surface area contributed by atoms with Gasteiger partial charge in [0.15, 0.2) is 0 Å². The number of benzene rings is 2. The highest BCUT2D eigenvalue weighted by Gasteiger charge is 2.23. The van der Waals surface area contributed by atoms with Crippen molar-refractivity contribution in [2.24, 2.45) is 0 Å². The van der Waals surface area contributed by atoms with E-state index in [2.05, 4.69) is 5.32 Å². The van der Waals surface area contributed by atoms with Gasteiger partial charge in [0, 0.05) is 55.4 Å². The summed E-state index contributed by atoms with van der Waals surface area (Å²) in [6.07, 6.45) is 1.77. The van der Waals surface area contributed by atoms with E-state index in [1.165, 1.54) is 12.1 Å². The van der Waals surface area contributed by atoms with E-state index in [-0.39, 0.29) is 30.6 Å². The topological polar surface area (TPSA) is 101 Å². The molecular weight excluding hydrogens is 434 g/mol. The lowest BCUT2D eigenvalue weighted by Crippen LogP contribution is -2.51. The predicted octanol–water partition coefficient (Wildman–Crippen LogP) is 2.99. The summed E-state index contributed by atoms with van der Waals surface area (Å²) in [7, 11) is 0. The summed E-state index contributed by atoms with van der Waals surface area (Å²) in [5, 5.41) is 15.0. The van der Waals surface area contributed by atoms with E-state index in [1.54, 1.807) is 52.1 Å². The lowest BCUT2D eigenvalue weighted by Gasteiger charge is -2.34. The molecule has 4 rings (SSSR count). The van der Waals surface area contributed by atoms with Crippen molar-refractivity contribution in [3.63, 3.8) is 0 Å². The fourth-order valence-corrected chi connectivity index (χ4v) is 3.98. The third kappa shape index (κ3) is 4.90. The molecule has 0 radical (unpaired) electrons. The summed E-state index contributed by atoms with van der Waals surface area (Å²) in [5.41, 5.74) is 1.38. The number of nitro benzene ring substituents is 1. The van der Waals surface area contributed by atoms with Gasteiger partial charge in [0.1, 0.15) is 6.54 Å². The van der Waals surface area contributed by atoms with Crippen LogP contribution in [0.1, 0.15) is 0 Å². The van der Waals surface area contributed by atoms with Crippen molar-refractivity contribution in [1.82, 2.24) is 14.4 Å². The van der Waals surface area contributed by atoms with E-state index in [9.17, 15) is 19.7 Å². The van der Waals surface area contributed by atoms with Crippen LogP contribution in [0, 0.1) is 10.1 Å². The van der Waals surface area contributed by atoms with E-state index >= 15 is 0 Å². The molecule has 1 N–H and O–H groups in total. The van der Waals surface area contributed by atoms with Crippen molar-refractivity contribution in [3.8, 4) is 0 Å². The number of rotatable bonds is 6. The molecule has 1 saturated heterocycles. The molecule has 1 aromatic heterocycles. The molecule has 1 fully saturated rings. The van der Waals surface area contributed by atoms with Crippen molar-refractivity contribution in [2.45, 2.75) is 6.54 Å². The molecule has 2 aromatic carbocycles. The fraction of sp³-hybridized carbons (Fsp3) is 0.273. The molecule has 3 aromatic rings. The highest BCUT2D eigenvalue weighted by Crippen LogP contribution is 2.22. The van der Waals surface area contributed by atoms with Crippen LogP contribution >= 0.6 is 11.6 Å². The maximum atomic E-state index is 12.8. The molecular formula is C22H22ClN5O4. The smallest absolute Gasteiger partial charge is 0.270 e. The molecule has 0 bridgehead atoms. The number of anilines is 1. The van der Waals surface area contributed by atoms with Crippen LogP contribution in [0.5, 0.6) is 0 Å². The Kier molecular flexibility index (Phi) is 6.38. The van der Waals surface area contributed by atoms with E-state index in [1.807, 2.05) is 4.90 Å². The summed E-state index contributed by atoms with van der Waals surface area (Å²) in [4.78, 5) is 39.4. The molecule has 2 heterocycles. The zero-order chi connectivity index (χ0) is 22.7. The molecule has 1 aliphatic heterocycles. The Morgan fingerprint density at radius 1 is 1.03 bits per heavy atom. The number of carbonyl (C=O) groups is 2. The summed E-state index contributed by atoms with van der Waals surface area (Å²) < 4.78 is 1.80. The monoisotopic (exact) mass is 455 g/mol. The Morgan fingerprint density at radius 3 is 2.50 bits per heavy atom. The van der Waals surface area contributed by atoms with Crippen molar-refractivity contribution in [2.75, 3.05) is 38.0 Å². The molecule has 1 aliphatic rings. The zero-order valence-electron chi connectivity index (χ0n) is 17.2. The first-order valence-electron chi connectivity index (χ1n) is 10.2. The largest absolute Gasteiger partial charge is 0.339 e. The fourth-order valence-electron chi connectivity index (χ4n) is 3.80. The second-order valence-corrected chi connectivity index (χ2v) is 8.04. The number of piperazine rings is 1. The molecule has 166 valence electrons. The number of para-hydroxylation sites is 1. The Bertz CT molecular complexity index is 1170. The molecule has 0 aliphatic carbocycles. The molecule has 0 saturated carbocycles. The minimum atomic E-state index is -0.434. The minimum Gasteiger partial charge on any atom is -0.339 e. The zero-order valence-corrected chi connectivity index (χ0v) is 18.0. The van der Waals surface area contributed by atoms with Crippen LogP contribution in [0.25, 0.3) is 10.9 Å². The highest BCUT2D eigenvalue weighted by atomic mass is 35.5. The van der Waals surface area contributed by atoms with E-state index < -0.39 is 4.92 Å². The van der Waals surface area contributed by atoms with Gasteiger partial charge in [-0.1, -0.05) is 23.7 Å². The van der Waals surface area contributed by atoms with Crippen LogP contribution in [0.15, 0.2) is 54.7 Å². The highest BCUT2D eigenvalue weighted by molar-refractivity contribution is 6.33. The number of nitrogens with zero attached hydrogens (tertiary/aromatic N) is 4. The van der Waals surface area contributed by atoms with Gasteiger partial charge < -0.3 is 14.8 Å². The Labute approximate surface area is 189 Å². The molecule has 2 amide bonds. The number of carbonyl (C=O) groups excluding carboxylic acids is 2. The maximum Gasteiger partial charge on any atom is 0.270 e. The van der Waals surface area contributed by atoms with Gasteiger partial charge in [0.05, 0.1) is 22.2 Å². The van der Waals surface area contributed by atoms with Gasteiger partial charge in [-0.2, -0.15) is 0 Å². The first-order chi connectivity index (χ1) is 15.4. The third-order valence-corrected chi connectivity index (χ3v) is 5.84. The summed E-state index contributed by atoms with van der Waals surface area (Å²) >= 11 is 6.08. The number of nitro groups is 1. The second kappa shape index (κ2) is 9.37. The van der Waals surface area contributed by atoms with Gasteiger partial charge in [0.25, 0.3) is 5.69 Å². The Balaban J connectivity index is 1.29. The lowest BCUT2D eigenvalue weighted by molar-refractivity contribution is -0.384. The van der Waals surface area contributed by atoms with Crippen LogP contribution < -0.4 is 5.32 Å². The Hall–Kier alpha value is -3.43.